The van der Waals surface area contributed by atoms with Crippen molar-refractivity contribution in [2.75, 3.05) is 13.2 Å². The molecule has 2 aliphatic rings. The highest BCUT2D eigenvalue weighted by molar-refractivity contribution is 5.47. The van der Waals surface area contributed by atoms with Gasteiger partial charge in [0.15, 0.2) is 0 Å². The minimum absolute atomic E-state index is 0.109. The summed E-state index contributed by atoms with van der Waals surface area (Å²) in [4.78, 5) is 0. The molecule has 0 amide bonds. The average Bonchev–Trinajstić information content (AvgIpc) is 3.59. The molecule has 2 aromatic carbocycles. The molecule has 2 aromatic rings. The van der Waals surface area contributed by atoms with Crippen molar-refractivity contribution in [3.05, 3.63) is 58.7 Å². The summed E-state index contributed by atoms with van der Waals surface area (Å²) >= 11 is 0. The van der Waals surface area contributed by atoms with E-state index in [4.69, 9.17) is 18.9 Å². The van der Waals surface area contributed by atoms with Gasteiger partial charge >= 0.3 is 0 Å². The normalized spacial score (nSPS) is 21.0. The van der Waals surface area contributed by atoms with Crippen LogP contribution in [0.25, 0.3) is 0 Å². The Hall–Kier alpha value is -2.12. The molecule has 6 nitrogen and oxygen atoms in total. The summed E-state index contributed by atoms with van der Waals surface area (Å²) in [6.45, 7) is 5.17. The summed E-state index contributed by atoms with van der Waals surface area (Å²) < 4.78 is 21.5. The topological polar surface area (TPSA) is 84.0 Å². The lowest BCUT2D eigenvalue weighted by molar-refractivity contribution is 0.172. The van der Waals surface area contributed by atoms with Crippen molar-refractivity contribution in [2.24, 2.45) is 0 Å². The molecule has 27 heavy (non-hydrogen) atoms. The zero-order valence-electron chi connectivity index (χ0n) is 15.5. The van der Waals surface area contributed by atoms with E-state index in [1.807, 2.05) is 36.4 Å². The zero-order valence-corrected chi connectivity index (χ0v) is 15.5. The molecule has 0 spiro atoms. The maximum Gasteiger partial charge on any atom is 0.223 e. The van der Waals surface area contributed by atoms with Crippen LogP contribution in [-0.2, 0) is 28.1 Å². The highest BCUT2D eigenvalue weighted by Crippen LogP contribution is 2.37. The van der Waals surface area contributed by atoms with Crippen LogP contribution in [0.3, 0.4) is 0 Å². The van der Waals surface area contributed by atoms with E-state index < -0.39 is 0 Å². The average molecular weight is 372 g/mol. The second-order valence-corrected chi connectivity index (χ2v) is 7.35. The first-order valence-electron chi connectivity index (χ1n) is 9.06. The molecule has 0 aliphatic carbocycles. The van der Waals surface area contributed by atoms with Crippen molar-refractivity contribution < 1.29 is 29.2 Å². The first kappa shape index (κ1) is 18.3. The molecule has 2 unspecified atom stereocenters. The summed E-state index contributed by atoms with van der Waals surface area (Å²) in [6.07, 6.45) is -0.409. The molecular weight excluding hydrogens is 348 g/mol. The van der Waals surface area contributed by atoms with Gasteiger partial charge in [0.05, 0.1) is 13.2 Å². The maximum absolute atomic E-state index is 9.74. The molecule has 6 heteroatoms. The third kappa shape index (κ3) is 3.94. The molecule has 2 aliphatic heterocycles. The molecule has 0 saturated carbocycles. The number of rotatable bonds is 8. The standard InChI is InChI=1S/C21H24O6/c1-21(2,15-3-5-17(13(7-15)9-22)26-19-11-24-19)16-4-6-18(14(8-16)10-23)27-20-12-25-20/h3-8,19-20,22-23H,9-12H2,1-2H3. The van der Waals surface area contributed by atoms with Gasteiger partial charge in [-0.25, -0.2) is 0 Å². The lowest BCUT2D eigenvalue weighted by atomic mass is 9.77. The first-order valence-corrected chi connectivity index (χ1v) is 9.06. The summed E-state index contributed by atoms with van der Waals surface area (Å²) in [6, 6.07) is 11.7. The van der Waals surface area contributed by atoms with Crippen LogP contribution < -0.4 is 9.47 Å². The van der Waals surface area contributed by atoms with E-state index >= 15 is 0 Å². The van der Waals surface area contributed by atoms with Gasteiger partial charge < -0.3 is 29.2 Å². The quantitative estimate of drug-likeness (QED) is 0.693. The SMILES string of the molecule is CC(C)(c1ccc(OC2CO2)c(CO)c1)c1ccc(OC2CO2)c(CO)c1. The van der Waals surface area contributed by atoms with Crippen LogP contribution in [0.5, 0.6) is 11.5 Å². The van der Waals surface area contributed by atoms with Gasteiger partial charge in [-0.3, -0.25) is 0 Å². The monoisotopic (exact) mass is 372 g/mol. The van der Waals surface area contributed by atoms with Gasteiger partial charge in [-0.05, 0) is 35.4 Å². The molecule has 0 aromatic heterocycles. The Balaban J connectivity index is 1.63. The van der Waals surface area contributed by atoms with Gasteiger partial charge in [0, 0.05) is 16.5 Å². The van der Waals surface area contributed by atoms with Crippen molar-refractivity contribution in [1.82, 2.24) is 0 Å². The van der Waals surface area contributed by atoms with Gasteiger partial charge in [0.25, 0.3) is 0 Å². The fourth-order valence-electron chi connectivity index (χ4n) is 3.08. The number of benzene rings is 2. The van der Waals surface area contributed by atoms with E-state index in [2.05, 4.69) is 13.8 Å². The highest BCUT2D eigenvalue weighted by Gasteiger charge is 2.29. The van der Waals surface area contributed by atoms with Crippen LogP contribution in [0.1, 0.15) is 36.1 Å². The van der Waals surface area contributed by atoms with Gasteiger partial charge in [-0.15, -0.1) is 0 Å². The largest absolute Gasteiger partial charge is 0.462 e. The van der Waals surface area contributed by atoms with Crippen molar-refractivity contribution in [3.63, 3.8) is 0 Å². The molecular formula is C21H24O6. The van der Waals surface area contributed by atoms with Crippen molar-refractivity contribution >= 4 is 0 Å². The number of hydrogen-bond donors (Lipinski definition) is 2. The number of epoxide rings is 2. The third-order valence-electron chi connectivity index (χ3n) is 5.03. The molecule has 2 N–H and O–H groups in total. The van der Waals surface area contributed by atoms with Crippen LogP contribution in [0, 0.1) is 0 Å². The van der Waals surface area contributed by atoms with Crippen LogP contribution in [-0.4, -0.2) is 36.0 Å². The van der Waals surface area contributed by atoms with Gasteiger partial charge in [-0.1, -0.05) is 26.0 Å². The molecule has 2 saturated heterocycles. The van der Waals surface area contributed by atoms with Gasteiger partial charge in [0.1, 0.15) is 24.7 Å². The molecule has 2 heterocycles. The van der Waals surface area contributed by atoms with Crippen molar-refractivity contribution in [1.29, 1.82) is 0 Å². The van der Waals surface area contributed by atoms with Crippen LogP contribution in [0.4, 0.5) is 0 Å². The Kier molecular flexibility index (Phi) is 4.82. The van der Waals surface area contributed by atoms with Gasteiger partial charge in [-0.2, -0.15) is 0 Å². The molecule has 4 rings (SSSR count). The molecule has 0 bridgehead atoms. The van der Waals surface area contributed by atoms with E-state index in [9.17, 15) is 10.2 Å². The van der Waals surface area contributed by atoms with Gasteiger partial charge in [0.2, 0.25) is 12.6 Å². The smallest absolute Gasteiger partial charge is 0.223 e. The second-order valence-electron chi connectivity index (χ2n) is 7.35. The summed E-state index contributed by atoms with van der Waals surface area (Å²) in [5, 5.41) is 19.5. The zero-order chi connectivity index (χ0) is 19.0. The molecule has 144 valence electrons. The van der Waals surface area contributed by atoms with Crippen LogP contribution >= 0.6 is 0 Å². The van der Waals surface area contributed by atoms with E-state index in [1.165, 1.54) is 0 Å². The lowest BCUT2D eigenvalue weighted by Gasteiger charge is -2.28. The van der Waals surface area contributed by atoms with Crippen molar-refractivity contribution in [3.8, 4) is 11.5 Å². The molecule has 2 fully saturated rings. The Bertz CT molecular complexity index is 756. The van der Waals surface area contributed by atoms with E-state index in [0.717, 1.165) is 22.3 Å². The molecule has 0 radical (unpaired) electrons. The highest BCUT2D eigenvalue weighted by atomic mass is 16.8. The summed E-state index contributed by atoms with van der Waals surface area (Å²) in [7, 11) is 0. The van der Waals surface area contributed by atoms with Crippen molar-refractivity contribution in [2.45, 2.75) is 45.1 Å². The molecule has 2 atom stereocenters. The fourth-order valence-corrected chi connectivity index (χ4v) is 3.08. The Morgan fingerprint density at radius 2 is 1.26 bits per heavy atom. The minimum atomic E-state index is -0.336. The Morgan fingerprint density at radius 3 is 1.59 bits per heavy atom. The fraction of sp³-hybridized carbons (Fsp3) is 0.429. The Morgan fingerprint density at radius 1 is 0.852 bits per heavy atom. The predicted molar refractivity (Wildman–Crippen MR) is 97.6 cm³/mol. The van der Waals surface area contributed by atoms with Crippen LogP contribution in [0.2, 0.25) is 0 Å². The number of aliphatic hydroxyl groups excluding tert-OH is 2. The number of hydrogen-bond acceptors (Lipinski definition) is 6. The van der Waals surface area contributed by atoms with E-state index in [0.29, 0.717) is 24.7 Å². The van der Waals surface area contributed by atoms with E-state index in [1.54, 1.807) is 0 Å². The third-order valence-corrected chi connectivity index (χ3v) is 5.03. The maximum atomic E-state index is 9.74. The Labute approximate surface area is 158 Å². The summed E-state index contributed by atoms with van der Waals surface area (Å²) in [5.41, 5.74) is 3.20. The summed E-state index contributed by atoms with van der Waals surface area (Å²) in [5.74, 6) is 1.28. The number of aliphatic hydroxyl groups is 2. The van der Waals surface area contributed by atoms with E-state index in [-0.39, 0.29) is 31.2 Å². The lowest BCUT2D eigenvalue weighted by Crippen LogP contribution is -2.20. The minimum Gasteiger partial charge on any atom is -0.462 e. The van der Waals surface area contributed by atoms with Crippen LogP contribution in [0.15, 0.2) is 36.4 Å². The predicted octanol–water partition coefficient (Wildman–Crippen LogP) is 2.47. The number of ether oxygens (including phenoxy) is 4. The second kappa shape index (κ2) is 7.13. The first-order chi connectivity index (χ1) is 13.0.